The molecule has 1 amide bonds. The molecule has 3 rings (SSSR count). The number of hydrogen-bond acceptors (Lipinski definition) is 4. The first-order valence-electron chi connectivity index (χ1n) is 9.27. The van der Waals surface area contributed by atoms with Gasteiger partial charge in [-0.25, -0.2) is 4.79 Å². The molecule has 0 N–H and O–H groups in total. The minimum absolute atomic E-state index is 0.209. The number of anilines is 1. The maximum atomic E-state index is 12.7. The van der Waals surface area contributed by atoms with Crippen molar-refractivity contribution in [3.05, 3.63) is 46.8 Å². The molecule has 0 spiro atoms. The first-order chi connectivity index (χ1) is 13.0. The van der Waals surface area contributed by atoms with Crippen LogP contribution in [0.25, 0.3) is 0 Å². The van der Waals surface area contributed by atoms with Crippen LogP contribution in [0.2, 0.25) is 0 Å². The smallest absolute Gasteiger partial charge is 0.340 e. The van der Waals surface area contributed by atoms with Crippen LogP contribution < -0.4 is 9.64 Å². The zero-order valence-electron chi connectivity index (χ0n) is 16.4. The molecular formula is C21H26N2O4. The van der Waals surface area contributed by atoms with Crippen LogP contribution in [0.5, 0.6) is 5.75 Å². The van der Waals surface area contributed by atoms with Crippen molar-refractivity contribution in [3.8, 4) is 5.75 Å². The number of hydrogen-bond donors (Lipinski definition) is 0. The molecule has 6 heteroatoms. The van der Waals surface area contributed by atoms with Crippen LogP contribution >= 0.6 is 0 Å². The van der Waals surface area contributed by atoms with Crippen molar-refractivity contribution in [3.63, 3.8) is 0 Å². The van der Waals surface area contributed by atoms with Crippen LogP contribution in [0.4, 0.5) is 5.69 Å². The van der Waals surface area contributed by atoms with Crippen molar-refractivity contribution in [2.24, 2.45) is 0 Å². The van der Waals surface area contributed by atoms with Gasteiger partial charge in [-0.1, -0.05) is 0 Å². The van der Waals surface area contributed by atoms with Gasteiger partial charge in [0.05, 0.1) is 12.7 Å². The number of aryl methyl sites for hydroxylation is 2. The van der Waals surface area contributed by atoms with Crippen molar-refractivity contribution >= 4 is 17.6 Å². The van der Waals surface area contributed by atoms with E-state index < -0.39 is 5.97 Å². The van der Waals surface area contributed by atoms with E-state index in [2.05, 4.69) is 0 Å². The summed E-state index contributed by atoms with van der Waals surface area (Å²) < 4.78 is 12.6. The Kier molecular flexibility index (Phi) is 5.54. The van der Waals surface area contributed by atoms with E-state index in [1.165, 1.54) is 0 Å². The Morgan fingerprint density at radius 1 is 1.19 bits per heavy atom. The largest absolute Gasteiger partial charge is 0.497 e. The van der Waals surface area contributed by atoms with Crippen LogP contribution in [-0.2, 0) is 22.5 Å². The van der Waals surface area contributed by atoms with Gasteiger partial charge in [-0.2, -0.15) is 0 Å². The van der Waals surface area contributed by atoms with Gasteiger partial charge in [0.2, 0.25) is 0 Å². The molecule has 144 valence electrons. The van der Waals surface area contributed by atoms with Crippen molar-refractivity contribution in [2.75, 3.05) is 25.2 Å². The fraction of sp³-hybridized carbons (Fsp3) is 0.429. The van der Waals surface area contributed by atoms with Crippen molar-refractivity contribution in [2.45, 2.75) is 40.2 Å². The Bertz CT molecular complexity index is 869. The maximum Gasteiger partial charge on any atom is 0.340 e. The second-order valence-corrected chi connectivity index (χ2v) is 6.75. The molecule has 0 fully saturated rings. The molecule has 27 heavy (non-hydrogen) atoms. The first kappa shape index (κ1) is 19.0. The summed E-state index contributed by atoms with van der Waals surface area (Å²) in [5.74, 6) is 0.114. The standard InChI is InChI=1S/C21H26N2O4/c1-5-22-14(2)11-18(15(22)3)21(25)27-13-20(24)23-10-6-7-16-12-17(26-4)8-9-19(16)23/h8-9,11-12H,5-7,10,13H2,1-4H3. The average molecular weight is 370 g/mol. The second-order valence-electron chi connectivity index (χ2n) is 6.75. The summed E-state index contributed by atoms with van der Waals surface area (Å²) in [6, 6.07) is 7.51. The lowest BCUT2D eigenvalue weighted by atomic mass is 10.0. The molecule has 6 nitrogen and oxygen atoms in total. The summed E-state index contributed by atoms with van der Waals surface area (Å²) in [6.45, 7) is 7.03. The Morgan fingerprint density at radius 3 is 2.63 bits per heavy atom. The first-order valence-corrected chi connectivity index (χ1v) is 9.27. The summed E-state index contributed by atoms with van der Waals surface area (Å²) in [7, 11) is 1.63. The van der Waals surface area contributed by atoms with Gasteiger partial charge >= 0.3 is 5.97 Å². The van der Waals surface area contributed by atoms with Gasteiger partial charge in [-0.3, -0.25) is 4.79 Å². The van der Waals surface area contributed by atoms with Crippen LogP contribution in [0.15, 0.2) is 24.3 Å². The molecule has 1 aromatic heterocycles. The van der Waals surface area contributed by atoms with Gasteiger partial charge in [0.15, 0.2) is 6.61 Å². The Balaban J connectivity index is 1.69. The van der Waals surface area contributed by atoms with E-state index in [0.717, 1.165) is 47.8 Å². The molecule has 0 unspecified atom stereocenters. The number of carbonyl (C=O) groups is 2. The van der Waals surface area contributed by atoms with E-state index in [0.29, 0.717) is 12.1 Å². The molecule has 0 aliphatic carbocycles. The van der Waals surface area contributed by atoms with E-state index in [4.69, 9.17) is 9.47 Å². The van der Waals surface area contributed by atoms with E-state index in [9.17, 15) is 9.59 Å². The normalized spacial score (nSPS) is 13.3. The highest BCUT2D eigenvalue weighted by Gasteiger charge is 2.25. The highest BCUT2D eigenvalue weighted by Crippen LogP contribution is 2.30. The number of methoxy groups -OCH3 is 1. The van der Waals surface area contributed by atoms with Gasteiger partial charge in [-0.15, -0.1) is 0 Å². The minimum atomic E-state index is -0.455. The number of esters is 1. The molecular weight excluding hydrogens is 344 g/mol. The van der Waals surface area contributed by atoms with Crippen LogP contribution in [0, 0.1) is 13.8 Å². The molecule has 1 aliphatic rings. The molecule has 0 saturated heterocycles. The van der Waals surface area contributed by atoms with E-state index in [1.54, 1.807) is 12.0 Å². The topological polar surface area (TPSA) is 60.8 Å². The predicted molar refractivity (Wildman–Crippen MR) is 104 cm³/mol. The van der Waals surface area contributed by atoms with Gasteiger partial charge in [-0.05, 0) is 63.4 Å². The second kappa shape index (κ2) is 7.86. The minimum Gasteiger partial charge on any atom is -0.497 e. The average Bonchev–Trinajstić information content (AvgIpc) is 2.98. The summed E-state index contributed by atoms with van der Waals surface area (Å²) in [6.07, 6.45) is 1.77. The monoisotopic (exact) mass is 370 g/mol. The zero-order valence-corrected chi connectivity index (χ0v) is 16.4. The lowest BCUT2D eigenvalue weighted by molar-refractivity contribution is -0.121. The summed E-state index contributed by atoms with van der Waals surface area (Å²) in [4.78, 5) is 26.8. The molecule has 2 aromatic rings. The Morgan fingerprint density at radius 2 is 1.96 bits per heavy atom. The fourth-order valence-electron chi connectivity index (χ4n) is 3.74. The summed E-state index contributed by atoms with van der Waals surface area (Å²) in [5.41, 5.74) is 4.33. The number of benzene rings is 1. The van der Waals surface area contributed by atoms with E-state index in [-0.39, 0.29) is 12.5 Å². The van der Waals surface area contributed by atoms with Gasteiger partial charge in [0.25, 0.3) is 5.91 Å². The third kappa shape index (κ3) is 3.70. The quantitative estimate of drug-likeness (QED) is 0.758. The lowest BCUT2D eigenvalue weighted by Crippen LogP contribution is -2.38. The Hall–Kier alpha value is -2.76. The fourth-order valence-corrected chi connectivity index (χ4v) is 3.74. The van der Waals surface area contributed by atoms with Crippen molar-refractivity contribution < 1.29 is 19.1 Å². The number of nitrogens with zero attached hydrogens (tertiary/aromatic N) is 2. The molecule has 2 heterocycles. The number of aromatic nitrogens is 1. The summed E-state index contributed by atoms with van der Waals surface area (Å²) >= 11 is 0. The summed E-state index contributed by atoms with van der Waals surface area (Å²) in [5, 5.41) is 0. The molecule has 1 aliphatic heterocycles. The molecule has 0 saturated carbocycles. The van der Waals surface area contributed by atoms with E-state index in [1.807, 2.05) is 49.6 Å². The maximum absolute atomic E-state index is 12.7. The van der Waals surface area contributed by atoms with E-state index >= 15 is 0 Å². The highest BCUT2D eigenvalue weighted by atomic mass is 16.5. The Labute approximate surface area is 159 Å². The van der Waals surface area contributed by atoms with Crippen LogP contribution in [-0.4, -0.2) is 36.7 Å². The van der Waals surface area contributed by atoms with Crippen molar-refractivity contribution in [1.29, 1.82) is 0 Å². The van der Waals surface area contributed by atoms with Gasteiger partial charge < -0.3 is 18.9 Å². The molecule has 0 bridgehead atoms. The van der Waals surface area contributed by atoms with Gasteiger partial charge in [0.1, 0.15) is 5.75 Å². The number of rotatable bonds is 5. The molecule has 0 radical (unpaired) electrons. The number of fused-ring (bicyclic) bond motifs is 1. The third-order valence-electron chi connectivity index (χ3n) is 5.14. The highest BCUT2D eigenvalue weighted by molar-refractivity contribution is 5.98. The number of carbonyl (C=O) groups excluding carboxylic acids is 2. The third-order valence-corrected chi connectivity index (χ3v) is 5.14. The zero-order chi connectivity index (χ0) is 19.6. The van der Waals surface area contributed by atoms with Crippen molar-refractivity contribution in [1.82, 2.24) is 4.57 Å². The number of ether oxygens (including phenoxy) is 2. The molecule has 0 atom stereocenters. The van der Waals surface area contributed by atoms with Crippen LogP contribution in [0.3, 0.4) is 0 Å². The van der Waals surface area contributed by atoms with Crippen LogP contribution in [0.1, 0.15) is 40.7 Å². The SMILES string of the molecule is CCn1c(C)cc(C(=O)OCC(=O)N2CCCc3cc(OC)ccc32)c1C. The number of amides is 1. The van der Waals surface area contributed by atoms with Gasteiger partial charge in [0, 0.05) is 30.2 Å². The predicted octanol–water partition coefficient (Wildman–Crippen LogP) is 3.27. The molecule has 1 aromatic carbocycles. The lowest BCUT2D eigenvalue weighted by Gasteiger charge is -2.29.